The van der Waals surface area contributed by atoms with E-state index in [9.17, 15) is 9.90 Å². The predicted molar refractivity (Wildman–Crippen MR) is 150 cm³/mol. The molecule has 0 unspecified atom stereocenters. The number of carboxylic acid groups (broad SMARTS) is 1. The van der Waals surface area contributed by atoms with Gasteiger partial charge in [-0.25, -0.2) is 4.79 Å². The summed E-state index contributed by atoms with van der Waals surface area (Å²) in [6.07, 6.45) is 0. The number of hydrogen-bond acceptors (Lipinski definition) is 4. The summed E-state index contributed by atoms with van der Waals surface area (Å²) in [6.45, 7) is 14.4. The van der Waals surface area contributed by atoms with Gasteiger partial charge in [0, 0.05) is 37.6 Å². The van der Waals surface area contributed by atoms with Gasteiger partial charge in [-0.1, -0.05) is 45.1 Å². The van der Waals surface area contributed by atoms with Crippen LogP contribution in [0.2, 0.25) is 13.1 Å². The molecule has 4 heterocycles. The summed E-state index contributed by atoms with van der Waals surface area (Å²) in [4.78, 5) is 16.9. The maximum absolute atomic E-state index is 12.0. The van der Waals surface area contributed by atoms with E-state index in [1.165, 1.54) is 32.9 Å². The van der Waals surface area contributed by atoms with Gasteiger partial charge >= 0.3 is 5.97 Å². The molecule has 3 aromatic carbocycles. The Labute approximate surface area is 219 Å². The normalized spacial score (nSPS) is 21.2. The van der Waals surface area contributed by atoms with Gasteiger partial charge in [-0.15, -0.1) is 0 Å². The van der Waals surface area contributed by atoms with Crippen LogP contribution in [0.1, 0.15) is 46.5 Å². The fourth-order valence-electron chi connectivity index (χ4n) is 7.09. The molecule has 7 rings (SSSR count). The zero-order valence-electron chi connectivity index (χ0n) is 22.0. The largest absolute Gasteiger partial charge is 0.478 e. The van der Waals surface area contributed by atoms with Crippen LogP contribution >= 0.6 is 0 Å². The highest BCUT2D eigenvalue weighted by Crippen LogP contribution is 2.50. The second kappa shape index (κ2) is 7.71. The third-order valence-electron chi connectivity index (χ3n) is 9.15. The van der Waals surface area contributed by atoms with E-state index in [2.05, 4.69) is 73.1 Å². The van der Waals surface area contributed by atoms with Gasteiger partial charge < -0.3 is 19.6 Å². The van der Waals surface area contributed by atoms with Crippen molar-refractivity contribution in [3.8, 4) is 0 Å². The first kappa shape index (κ1) is 23.1. The lowest BCUT2D eigenvalue weighted by atomic mass is 9.78. The molecule has 1 spiro atoms. The minimum atomic E-state index is -2.10. The van der Waals surface area contributed by atoms with Gasteiger partial charge in [0.15, 0.2) is 0 Å². The quantitative estimate of drug-likeness (QED) is 0.534. The van der Waals surface area contributed by atoms with E-state index in [-0.39, 0.29) is 0 Å². The second-order valence-electron chi connectivity index (χ2n) is 12.3. The number of carboxylic acids is 1. The molecule has 0 atom stereocenters. The average molecular weight is 511 g/mol. The number of anilines is 2. The van der Waals surface area contributed by atoms with Crippen molar-refractivity contribution < 1.29 is 14.6 Å². The van der Waals surface area contributed by atoms with Gasteiger partial charge in [0.05, 0.1) is 12.2 Å². The maximum Gasteiger partial charge on any atom is 0.335 e. The standard InChI is InChI=1S/C31H34N2O3Si/c1-19-14-32(15-19)23-7-9-25-28(12-23)37(3,4)29-13-24(33-16-20(2)17-33)8-10-26(29)31(25)27-11-21(30(34)35)5-6-22(27)18-36-31/h5-13,19-20H,14-18H2,1-4H3,(H,34,35). The van der Waals surface area contributed by atoms with Gasteiger partial charge in [-0.05, 0) is 80.9 Å². The Morgan fingerprint density at radius 1 is 0.838 bits per heavy atom. The predicted octanol–water partition coefficient (Wildman–Crippen LogP) is 4.26. The Kier molecular flexibility index (Phi) is 4.81. The third-order valence-corrected chi connectivity index (χ3v) is 12.7. The van der Waals surface area contributed by atoms with Gasteiger partial charge in [-0.2, -0.15) is 0 Å². The second-order valence-corrected chi connectivity index (χ2v) is 16.6. The van der Waals surface area contributed by atoms with Gasteiger partial charge in [-0.3, -0.25) is 0 Å². The van der Waals surface area contributed by atoms with Crippen molar-refractivity contribution in [2.75, 3.05) is 36.0 Å². The summed E-state index contributed by atoms with van der Waals surface area (Å²) in [6, 6.07) is 19.4. The first-order valence-electron chi connectivity index (χ1n) is 13.5. The van der Waals surface area contributed by atoms with Crippen molar-refractivity contribution in [2.45, 2.75) is 39.1 Å². The zero-order valence-corrected chi connectivity index (χ0v) is 23.0. The zero-order chi connectivity index (χ0) is 25.7. The number of hydrogen-bond donors (Lipinski definition) is 1. The topological polar surface area (TPSA) is 53.0 Å². The fourth-order valence-corrected chi connectivity index (χ4v) is 10.3. The Bertz CT molecular complexity index is 1380. The first-order valence-corrected chi connectivity index (χ1v) is 16.5. The average Bonchev–Trinajstić information content (AvgIpc) is 3.23. The lowest BCUT2D eigenvalue weighted by Gasteiger charge is -2.47. The Hall–Kier alpha value is -3.09. The van der Waals surface area contributed by atoms with Gasteiger partial charge in [0.1, 0.15) is 13.7 Å². The lowest BCUT2D eigenvalue weighted by Crippen LogP contribution is -2.63. The van der Waals surface area contributed by atoms with E-state index in [0.717, 1.165) is 49.1 Å². The number of rotatable bonds is 3. The van der Waals surface area contributed by atoms with E-state index in [1.54, 1.807) is 6.07 Å². The molecule has 1 N–H and O–H groups in total. The minimum absolute atomic E-state index is 0.311. The molecule has 5 nitrogen and oxygen atoms in total. The molecule has 0 saturated carbocycles. The first-order chi connectivity index (χ1) is 17.7. The Morgan fingerprint density at radius 3 is 1.86 bits per heavy atom. The number of aromatic carboxylic acids is 1. The summed E-state index contributed by atoms with van der Waals surface area (Å²) in [5.41, 5.74) is 6.56. The maximum atomic E-state index is 12.0. The number of nitrogens with zero attached hydrogens (tertiary/aromatic N) is 2. The molecule has 4 aliphatic heterocycles. The van der Waals surface area contributed by atoms with Gasteiger partial charge in [0.2, 0.25) is 0 Å². The molecule has 190 valence electrons. The van der Waals surface area contributed by atoms with Crippen LogP contribution in [0.25, 0.3) is 0 Å². The van der Waals surface area contributed by atoms with Crippen LogP contribution in [-0.4, -0.2) is 45.3 Å². The van der Waals surface area contributed by atoms with Crippen molar-refractivity contribution in [3.05, 3.63) is 82.4 Å². The van der Waals surface area contributed by atoms with E-state index in [4.69, 9.17) is 4.74 Å². The highest BCUT2D eigenvalue weighted by atomic mass is 28.3. The van der Waals surface area contributed by atoms with Crippen LogP contribution in [0.4, 0.5) is 11.4 Å². The van der Waals surface area contributed by atoms with Gasteiger partial charge in [0.25, 0.3) is 0 Å². The molecule has 0 aliphatic carbocycles. The van der Waals surface area contributed by atoms with E-state index < -0.39 is 19.6 Å². The van der Waals surface area contributed by atoms with Crippen LogP contribution in [0.15, 0.2) is 54.6 Å². The van der Waals surface area contributed by atoms with Crippen molar-refractivity contribution >= 4 is 35.8 Å². The number of carbonyl (C=O) groups is 1. The number of fused-ring (bicyclic) bond motifs is 6. The van der Waals surface area contributed by atoms with Crippen LogP contribution < -0.4 is 20.2 Å². The molecule has 37 heavy (non-hydrogen) atoms. The van der Waals surface area contributed by atoms with Crippen LogP contribution in [0.3, 0.4) is 0 Å². The minimum Gasteiger partial charge on any atom is -0.478 e. The Balaban J connectivity index is 1.48. The molecular weight excluding hydrogens is 476 g/mol. The lowest BCUT2D eigenvalue weighted by molar-refractivity contribution is 0.0276. The van der Waals surface area contributed by atoms with Crippen LogP contribution in [0.5, 0.6) is 0 Å². The summed E-state index contributed by atoms with van der Waals surface area (Å²) in [5.74, 6) is 0.559. The van der Waals surface area contributed by atoms with Crippen molar-refractivity contribution in [2.24, 2.45) is 11.8 Å². The molecule has 2 fully saturated rings. The molecule has 0 aromatic heterocycles. The summed E-state index contributed by atoms with van der Waals surface area (Å²) < 4.78 is 6.85. The number of benzene rings is 3. The molecule has 6 heteroatoms. The monoisotopic (exact) mass is 510 g/mol. The summed E-state index contributed by atoms with van der Waals surface area (Å²) >= 11 is 0. The Morgan fingerprint density at radius 2 is 1.38 bits per heavy atom. The van der Waals surface area contributed by atoms with Crippen molar-refractivity contribution in [1.29, 1.82) is 0 Å². The molecule has 3 aromatic rings. The van der Waals surface area contributed by atoms with Crippen molar-refractivity contribution in [3.63, 3.8) is 0 Å². The molecular formula is C31H34N2O3Si. The molecule has 0 radical (unpaired) electrons. The highest BCUT2D eigenvalue weighted by Gasteiger charge is 2.53. The molecule has 0 amide bonds. The van der Waals surface area contributed by atoms with Crippen molar-refractivity contribution in [1.82, 2.24) is 0 Å². The SMILES string of the molecule is CC1CN(c2ccc3c(c2)[Si](C)(C)c2cc(N4CC(C)C4)ccc2C32OCc3ccc(C(=O)O)cc32)C1. The molecule has 0 bridgehead atoms. The summed E-state index contributed by atoms with van der Waals surface area (Å²) in [5, 5.41) is 12.6. The van der Waals surface area contributed by atoms with E-state index in [1.807, 2.05) is 12.1 Å². The molecule has 4 aliphatic rings. The van der Waals surface area contributed by atoms with Crippen LogP contribution in [-0.2, 0) is 16.9 Å². The third kappa shape index (κ3) is 3.15. The van der Waals surface area contributed by atoms with E-state index >= 15 is 0 Å². The summed E-state index contributed by atoms with van der Waals surface area (Å²) in [7, 11) is -2.10. The highest BCUT2D eigenvalue weighted by molar-refractivity contribution is 7.01. The van der Waals surface area contributed by atoms with Crippen LogP contribution in [0, 0.1) is 11.8 Å². The number of ether oxygens (including phenoxy) is 1. The molecule has 2 saturated heterocycles. The van der Waals surface area contributed by atoms with E-state index in [0.29, 0.717) is 12.2 Å². The smallest absolute Gasteiger partial charge is 0.335 e. The fraction of sp³-hybridized carbons (Fsp3) is 0.387.